The van der Waals surface area contributed by atoms with E-state index in [2.05, 4.69) is 63.0 Å². The lowest BCUT2D eigenvalue weighted by Crippen LogP contribution is -2.67. The average Bonchev–Trinajstić information content (AvgIpc) is 3.92. The number of aromatic amines is 1. The van der Waals surface area contributed by atoms with E-state index >= 15 is 4.79 Å². The van der Waals surface area contributed by atoms with Crippen LogP contribution in [0.15, 0.2) is 42.9 Å². The van der Waals surface area contributed by atoms with Gasteiger partial charge in [0, 0.05) is 29.9 Å². The van der Waals surface area contributed by atoms with Gasteiger partial charge in [-0.05, 0) is 147 Å². The molecule has 9 nitrogen and oxygen atoms in total. The number of pyridine rings is 1. The van der Waals surface area contributed by atoms with Gasteiger partial charge in [-0.1, -0.05) is 60.6 Å². The quantitative estimate of drug-likeness (QED) is 0.191. The Hall–Kier alpha value is -3.49. The summed E-state index contributed by atoms with van der Waals surface area (Å²) in [5, 5.41) is 9.40. The van der Waals surface area contributed by atoms with Gasteiger partial charge in [0.15, 0.2) is 0 Å². The highest BCUT2D eigenvalue weighted by molar-refractivity contribution is 5.84. The summed E-state index contributed by atoms with van der Waals surface area (Å²) in [7, 11) is 0. The summed E-state index contributed by atoms with van der Waals surface area (Å²) >= 11 is 0. The first-order chi connectivity index (χ1) is 27.3. The summed E-state index contributed by atoms with van der Waals surface area (Å²) in [4.78, 5) is 55.3. The highest BCUT2D eigenvalue weighted by atomic mass is 16.5. The van der Waals surface area contributed by atoms with Crippen LogP contribution >= 0.6 is 0 Å². The number of imidazole rings is 1. The molecule has 316 valence electrons. The monoisotopic (exact) mass is 795 g/mol. The Balaban J connectivity index is 1.05. The van der Waals surface area contributed by atoms with Gasteiger partial charge in [0.05, 0.1) is 36.2 Å². The zero-order valence-corrected chi connectivity index (χ0v) is 36.7. The number of esters is 1. The molecule has 5 aliphatic carbocycles. The maximum absolute atomic E-state index is 15.5. The van der Waals surface area contributed by atoms with Crippen molar-refractivity contribution in [2.45, 2.75) is 157 Å². The predicted molar refractivity (Wildman–Crippen MR) is 225 cm³/mol. The van der Waals surface area contributed by atoms with Crippen LogP contribution in [0, 0.1) is 62.1 Å². The molecule has 11 atom stereocenters. The van der Waals surface area contributed by atoms with Crippen molar-refractivity contribution in [1.82, 2.24) is 19.9 Å². The molecule has 2 aromatic heterocycles. The second-order valence-corrected chi connectivity index (χ2v) is 22.2. The molecule has 0 spiro atoms. The fourth-order valence-corrected chi connectivity index (χ4v) is 15.5. The molecule has 58 heavy (non-hydrogen) atoms. The Kier molecular flexibility index (Phi) is 10.2. The molecule has 0 aromatic carbocycles. The van der Waals surface area contributed by atoms with Crippen molar-refractivity contribution >= 4 is 17.8 Å². The summed E-state index contributed by atoms with van der Waals surface area (Å²) in [6, 6.07) is 3.95. The highest BCUT2D eigenvalue weighted by Gasteiger charge is 2.72. The van der Waals surface area contributed by atoms with Crippen molar-refractivity contribution in [3.63, 3.8) is 0 Å². The van der Waals surface area contributed by atoms with E-state index < -0.39 is 11.4 Å². The van der Waals surface area contributed by atoms with Crippen LogP contribution in [-0.2, 0) is 19.1 Å². The first kappa shape index (κ1) is 41.3. The second-order valence-electron chi connectivity index (χ2n) is 22.2. The maximum atomic E-state index is 15.5. The van der Waals surface area contributed by atoms with Crippen molar-refractivity contribution in [1.29, 1.82) is 0 Å². The molecular weight excluding hydrogens is 725 g/mol. The van der Waals surface area contributed by atoms with Crippen LogP contribution in [0.4, 0.5) is 0 Å². The van der Waals surface area contributed by atoms with Crippen LogP contribution in [0.1, 0.15) is 157 Å². The minimum Gasteiger partial charge on any atom is -0.481 e. The summed E-state index contributed by atoms with van der Waals surface area (Å²) in [6.45, 7) is 23.8. The Morgan fingerprint density at radius 2 is 1.71 bits per heavy atom. The third-order valence-corrected chi connectivity index (χ3v) is 18.4. The van der Waals surface area contributed by atoms with Gasteiger partial charge in [-0.15, -0.1) is 0 Å². The zero-order chi connectivity index (χ0) is 41.6. The third kappa shape index (κ3) is 6.32. The zero-order valence-electron chi connectivity index (χ0n) is 36.7. The van der Waals surface area contributed by atoms with Crippen LogP contribution in [0.5, 0.6) is 0 Å². The fraction of sp³-hybridized carbons (Fsp3) is 0.735. The van der Waals surface area contributed by atoms with Crippen LogP contribution < -0.4 is 0 Å². The van der Waals surface area contributed by atoms with E-state index in [4.69, 9.17) is 9.72 Å². The molecule has 2 aromatic rings. The molecule has 2 N–H and O–H groups in total. The molecule has 8 rings (SSSR count). The van der Waals surface area contributed by atoms with Gasteiger partial charge in [0.25, 0.3) is 0 Å². The second kappa shape index (κ2) is 14.3. The Bertz CT molecular complexity index is 1940. The van der Waals surface area contributed by atoms with E-state index in [0.717, 1.165) is 94.3 Å². The van der Waals surface area contributed by atoms with Crippen LogP contribution in [0.3, 0.4) is 0 Å². The average molecular weight is 795 g/mol. The first-order valence-corrected chi connectivity index (χ1v) is 22.6. The molecule has 3 heterocycles. The van der Waals surface area contributed by atoms with E-state index in [9.17, 15) is 14.7 Å². The number of hydrogen-bond donors (Lipinski definition) is 2. The smallest absolute Gasteiger partial charge is 0.306 e. The molecule has 6 aliphatic rings. The first-order valence-electron chi connectivity index (χ1n) is 22.6. The fourth-order valence-electron chi connectivity index (χ4n) is 15.5. The minimum atomic E-state index is -0.889. The number of aromatic nitrogens is 3. The maximum Gasteiger partial charge on any atom is 0.306 e. The number of likely N-dealkylation sites (tertiary alicyclic amines) is 1. The lowest BCUT2D eigenvalue weighted by atomic mass is 9.32. The standard InChI is InChI=1S/C49H70N4O5/c1-30(2)32-16-21-49(43(57)53-25-11-13-35(53)42-51-29-34(52-42)31-12-10-24-50-28-31)23-22-47(8)33(41(32)49)14-15-37-46(7)19-18-38(45(5,6)36(46)17-20-48(37,47)9)58-40(56)27-44(3,4)26-39(54)55/h10,12,24,28-29,32-33,35-38,41H,1,11,13-23,25-27H2,2-9H3,(H,51,52)(H,54,55)/t32-,33+,35?,36-,37+,38-,41+,46-,47+,48+,49-/m0/s1. The van der Waals surface area contributed by atoms with Gasteiger partial charge in [-0.3, -0.25) is 19.4 Å². The number of fused-ring (bicyclic) bond motifs is 7. The SMILES string of the molecule is C=C(C)[C@@H]1CC[C@]2(C(=O)N3CCCC3c3ncc(-c4cccnc4)[nH]3)CC[C@]3(C)[C@H](CC[C@@H]4[C@@]5(C)CC[C@H](OC(=O)CC(C)(C)CC(=O)O)C(C)(C)[C@@H]5CC[C@]43C)[C@@H]12. The van der Waals surface area contributed by atoms with Gasteiger partial charge >= 0.3 is 11.9 Å². The van der Waals surface area contributed by atoms with E-state index in [0.29, 0.717) is 35.5 Å². The topological polar surface area (TPSA) is 125 Å². The Morgan fingerprint density at radius 3 is 2.41 bits per heavy atom. The van der Waals surface area contributed by atoms with E-state index in [-0.39, 0.29) is 58.0 Å². The number of hydrogen-bond acceptors (Lipinski definition) is 6. The van der Waals surface area contributed by atoms with Crippen molar-refractivity contribution in [3.05, 3.63) is 48.7 Å². The molecule has 1 saturated heterocycles. The van der Waals surface area contributed by atoms with Crippen molar-refractivity contribution < 1.29 is 24.2 Å². The van der Waals surface area contributed by atoms with Gasteiger partial charge in [0.2, 0.25) is 5.91 Å². The summed E-state index contributed by atoms with van der Waals surface area (Å²) in [6.07, 6.45) is 17.8. The Morgan fingerprint density at radius 1 is 0.931 bits per heavy atom. The lowest BCUT2D eigenvalue weighted by Gasteiger charge is -2.73. The van der Waals surface area contributed by atoms with Crippen molar-refractivity contribution in [2.75, 3.05) is 6.54 Å². The number of aliphatic carboxylic acids is 1. The molecule has 1 unspecified atom stereocenters. The van der Waals surface area contributed by atoms with Crippen molar-refractivity contribution in [2.24, 2.45) is 62.1 Å². The lowest BCUT2D eigenvalue weighted by molar-refractivity contribution is -0.250. The summed E-state index contributed by atoms with van der Waals surface area (Å²) < 4.78 is 6.31. The van der Waals surface area contributed by atoms with Crippen LogP contribution in [0.2, 0.25) is 0 Å². The largest absolute Gasteiger partial charge is 0.481 e. The number of rotatable bonds is 9. The van der Waals surface area contributed by atoms with E-state index in [1.807, 2.05) is 38.4 Å². The van der Waals surface area contributed by atoms with E-state index in [1.165, 1.54) is 12.0 Å². The predicted octanol–water partition coefficient (Wildman–Crippen LogP) is 10.6. The van der Waals surface area contributed by atoms with Crippen LogP contribution in [0.25, 0.3) is 11.3 Å². The molecule has 9 heteroatoms. The molecule has 6 fully saturated rings. The third-order valence-electron chi connectivity index (χ3n) is 18.4. The molecule has 0 bridgehead atoms. The molecule has 0 radical (unpaired) electrons. The highest BCUT2D eigenvalue weighted by Crippen LogP contribution is 2.78. The van der Waals surface area contributed by atoms with Crippen LogP contribution in [-0.4, -0.2) is 55.5 Å². The normalized spacial score (nSPS) is 39.2. The van der Waals surface area contributed by atoms with Crippen molar-refractivity contribution in [3.8, 4) is 11.3 Å². The summed E-state index contributed by atoms with van der Waals surface area (Å²) in [5.74, 6) is 2.17. The van der Waals surface area contributed by atoms with Gasteiger partial charge < -0.3 is 19.7 Å². The summed E-state index contributed by atoms with van der Waals surface area (Å²) in [5.41, 5.74) is 2.33. The number of carbonyl (C=O) groups is 3. The van der Waals surface area contributed by atoms with E-state index in [1.54, 1.807) is 6.20 Å². The number of carboxylic acids is 1. The van der Waals surface area contributed by atoms with Gasteiger partial charge in [-0.25, -0.2) is 4.98 Å². The van der Waals surface area contributed by atoms with Gasteiger partial charge in [-0.2, -0.15) is 0 Å². The molecule has 5 saturated carbocycles. The number of ether oxygens (including phenoxy) is 1. The number of amides is 1. The van der Waals surface area contributed by atoms with Gasteiger partial charge in [0.1, 0.15) is 11.9 Å². The number of nitrogens with zero attached hydrogens (tertiary/aromatic N) is 3. The molecule has 1 aliphatic heterocycles. The number of carboxylic acid groups (broad SMARTS) is 1. The number of allylic oxidation sites excluding steroid dienone is 1. The molecular formula is C49H70N4O5. The number of carbonyl (C=O) groups excluding carboxylic acids is 2. The Labute approximate surface area is 347 Å². The number of nitrogens with one attached hydrogen (secondary N) is 1. The minimum absolute atomic E-state index is 0.0393. The molecule has 1 amide bonds. The number of H-pyrrole nitrogens is 1.